The second kappa shape index (κ2) is 3.96. The van der Waals surface area contributed by atoms with Crippen molar-refractivity contribution in [1.29, 1.82) is 0 Å². The molecule has 2 nitrogen and oxygen atoms in total. The van der Waals surface area contributed by atoms with Gasteiger partial charge in [0.05, 0.1) is 12.7 Å². The van der Waals surface area contributed by atoms with Crippen LogP contribution in [-0.2, 0) is 6.18 Å². The van der Waals surface area contributed by atoms with Crippen molar-refractivity contribution in [1.82, 2.24) is 0 Å². The second-order valence-electron chi connectivity index (χ2n) is 2.44. The molecular formula is C8H6ClF3O2. The van der Waals surface area contributed by atoms with Crippen LogP contribution >= 0.6 is 11.9 Å². The van der Waals surface area contributed by atoms with Crippen LogP contribution < -0.4 is 9.03 Å². The molecule has 0 spiro atoms. The van der Waals surface area contributed by atoms with Crippen LogP contribution in [0.3, 0.4) is 0 Å². The molecule has 0 unspecified atom stereocenters. The Kier molecular flexibility index (Phi) is 3.10. The Bertz CT molecular complexity index is 325. The molecule has 1 rings (SSSR count). The number of alkyl halides is 3. The van der Waals surface area contributed by atoms with Gasteiger partial charge in [0, 0.05) is 6.07 Å². The van der Waals surface area contributed by atoms with E-state index >= 15 is 0 Å². The van der Waals surface area contributed by atoms with E-state index in [9.17, 15) is 13.2 Å². The van der Waals surface area contributed by atoms with Gasteiger partial charge in [-0.05, 0) is 12.1 Å². The van der Waals surface area contributed by atoms with Crippen LogP contribution in [0.4, 0.5) is 13.2 Å². The number of methoxy groups -OCH3 is 1. The predicted octanol–water partition coefficient (Wildman–Crippen LogP) is 3.25. The van der Waals surface area contributed by atoms with Crippen molar-refractivity contribution in [2.24, 2.45) is 0 Å². The molecule has 14 heavy (non-hydrogen) atoms. The van der Waals surface area contributed by atoms with Gasteiger partial charge in [0.25, 0.3) is 0 Å². The zero-order valence-electron chi connectivity index (χ0n) is 7.06. The van der Waals surface area contributed by atoms with Crippen LogP contribution in [0.1, 0.15) is 5.56 Å². The van der Waals surface area contributed by atoms with Crippen LogP contribution in [0, 0.1) is 0 Å². The smallest absolute Gasteiger partial charge is 0.419 e. The third kappa shape index (κ3) is 2.23. The van der Waals surface area contributed by atoms with Crippen LogP contribution in [0.2, 0.25) is 0 Å². The molecule has 1 aromatic carbocycles. The van der Waals surface area contributed by atoms with E-state index in [0.717, 1.165) is 25.3 Å². The van der Waals surface area contributed by atoms with E-state index in [4.69, 9.17) is 11.9 Å². The highest BCUT2D eigenvalue weighted by Crippen LogP contribution is 2.38. The minimum absolute atomic E-state index is 0.0940. The fourth-order valence-corrected chi connectivity index (χ4v) is 1.05. The van der Waals surface area contributed by atoms with Crippen molar-refractivity contribution < 1.29 is 22.2 Å². The molecule has 0 aliphatic carbocycles. The van der Waals surface area contributed by atoms with E-state index in [2.05, 4.69) is 9.03 Å². The highest BCUT2D eigenvalue weighted by molar-refractivity contribution is 6.09. The van der Waals surface area contributed by atoms with Crippen molar-refractivity contribution in [2.45, 2.75) is 6.18 Å². The summed E-state index contributed by atoms with van der Waals surface area (Å²) < 4.78 is 45.8. The summed E-state index contributed by atoms with van der Waals surface area (Å²) in [4.78, 5) is 0. The summed E-state index contributed by atoms with van der Waals surface area (Å²) in [6.45, 7) is 0. The Morgan fingerprint density at radius 2 is 1.93 bits per heavy atom. The summed E-state index contributed by atoms with van der Waals surface area (Å²) >= 11 is 4.99. The first kappa shape index (κ1) is 11.0. The van der Waals surface area contributed by atoms with Gasteiger partial charge >= 0.3 is 6.18 Å². The van der Waals surface area contributed by atoms with E-state index < -0.39 is 11.7 Å². The highest BCUT2D eigenvalue weighted by atomic mass is 35.5. The zero-order chi connectivity index (χ0) is 10.8. The summed E-state index contributed by atoms with van der Waals surface area (Å²) in [5.74, 6) is -0.229. The van der Waals surface area contributed by atoms with E-state index in [1.807, 2.05) is 0 Å². The first-order chi connectivity index (χ1) is 6.49. The van der Waals surface area contributed by atoms with Gasteiger partial charge in [-0.2, -0.15) is 13.2 Å². The Labute approximate surface area is 83.4 Å². The van der Waals surface area contributed by atoms with Crippen molar-refractivity contribution in [3.63, 3.8) is 0 Å². The average Bonchev–Trinajstić information content (AvgIpc) is 2.15. The van der Waals surface area contributed by atoms with Gasteiger partial charge in [0.15, 0.2) is 0 Å². The number of ether oxygens (including phenoxy) is 1. The van der Waals surface area contributed by atoms with Gasteiger partial charge in [-0.3, -0.25) is 0 Å². The highest BCUT2D eigenvalue weighted by Gasteiger charge is 2.34. The SMILES string of the molecule is COc1cc(OCl)ccc1C(F)(F)F. The zero-order valence-corrected chi connectivity index (χ0v) is 7.82. The summed E-state index contributed by atoms with van der Waals surface area (Å²) in [6, 6.07) is 3.02. The molecule has 0 aliphatic rings. The molecular weight excluding hydrogens is 221 g/mol. The molecule has 0 saturated heterocycles. The van der Waals surface area contributed by atoms with Crippen molar-refractivity contribution in [2.75, 3.05) is 7.11 Å². The molecule has 0 amide bonds. The standard InChI is InChI=1S/C8H6ClF3O2/c1-13-7-4-5(14-9)2-3-6(7)8(10,11)12/h2-4H,1H3. The predicted molar refractivity (Wildman–Crippen MR) is 44.5 cm³/mol. The lowest BCUT2D eigenvalue weighted by Gasteiger charge is -2.11. The third-order valence-electron chi connectivity index (χ3n) is 1.57. The largest absolute Gasteiger partial charge is 0.496 e. The summed E-state index contributed by atoms with van der Waals surface area (Å²) in [6.07, 6.45) is -4.45. The molecule has 0 heterocycles. The maximum atomic E-state index is 12.3. The van der Waals surface area contributed by atoms with E-state index in [1.54, 1.807) is 0 Å². The van der Waals surface area contributed by atoms with E-state index in [-0.39, 0.29) is 11.5 Å². The Balaban J connectivity index is 3.18. The molecule has 78 valence electrons. The van der Waals surface area contributed by atoms with Crippen LogP contribution in [0.25, 0.3) is 0 Å². The van der Waals surface area contributed by atoms with Gasteiger partial charge in [0.2, 0.25) is 0 Å². The molecule has 0 aromatic heterocycles. The van der Waals surface area contributed by atoms with Gasteiger partial charge < -0.3 is 9.03 Å². The van der Waals surface area contributed by atoms with Gasteiger partial charge in [0.1, 0.15) is 23.4 Å². The molecule has 0 N–H and O–H groups in total. The number of halogens is 4. The number of hydrogen-bond acceptors (Lipinski definition) is 2. The quantitative estimate of drug-likeness (QED) is 0.771. The normalized spacial score (nSPS) is 11.2. The average molecular weight is 227 g/mol. The van der Waals surface area contributed by atoms with Crippen LogP contribution in [-0.4, -0.2) is 7.11 Å². The minimum atomic E-state index is -4.45. The third-order valence-corrected chi connectivity index (χ3v) is 1.75. The van der Waals surface area contributed by atoms with E-state index in [1.165, 1.54) is 0 Å². The maximum Gasteiger partial charge on any atom is 0.419 e. The van der Waals surface area contributed by atoms with Gasteiger partial charge in [-0.25, -0.2) is 0 Å². The van der Waals surface area contributed by atoms with Crippen LogP contribution in [0.15, 0.2) is 18.2 Å². The minimum Gasteiger partial charge on any atom is -0.496 e. The van der Waals surface area contributed by atoms with E-state index in [0.29, 0.717) is 0 Å². The Morgan fingerprint density at radius 1 is 1.29 bits per heavy atom. The summed E-state index contributed by atoms with van der Waals surface area (Å²) in [7, 11) is 1.14. The van der Waals surface area contributed by atoms with Gasteiger partial charge in [-0.1, -0.05) is 0 Å². The molecule has 0 aliphatic heterocycles. The lowest BCUT2D eigenvalue weighted by atomic mass is 10.2. The van der Waals surface area contributed by atoms with Gasteiger partial charge in [-0.15, -0.1) is 0 Å². The monoisotopic (exact) mass is 226 g/mol. The molecule has 0 radical (unpaired) electrons. The van der Waals surface area contributed by atoms with Crippen molar-refractivity contribution in [3.05, 3.63) is 23.8 Å². The summed E-state index contributed by atoms with van der Waals surface area (Å²) in [5, 5.41) is 0. The van der Waals surface area contributed by atoms with Crippen LogP contribution in [0.5, 0.6) is 11.5 Å². The fraction of sp³-hybridized carbons (Fsp3) is 0.250. The first-order valence-electron chi connectivity index (χ1n) is 3.53. The Morgan fingerprint density at radius 3 is 2.36 bits per heavy atom. The Hall–Kier alpha value is -1.10. The van der Waals surface area contributed by atoms with Crippen molar-refractivity contribution in [3.8, 4) is 11.5 Å². The summed E-state index contributed by atoms with van der Waals surface area (Å²) in [5.41, 5.74) is -0.863. The number of hydrogen-bond donors (Lipinski definition) is 0. The molecule has 1 aromatic rings. The second-order valence-corrected chi connectivity index (χ2v) is 2.59. The lowest BCUT2D eigenvalue weighted by molar-refractivity contribution is -0.138. The topological polar surface area (TPSA) is 18.5 Å². The molecule has 0 fully saturated rings. The lowest BCUT2D eigenvalue weighted by Crippen LogP contribution is -2.07. The maximum absolute atomic E-state index is 12.3. The number of rotatable bonds is 2. The fourth-order valence-electron chi connectivity index (χ4n) is 0.954. The number of benzene rings is 1. The molecule has 0 atom stereocenters. The molecule has 6 heteroatoms. The van der Waals surface area contributed by atoms with Crippen molar-refractivity contribution >= 4 is 11.9 Å². The molecule has 0 saturated carbocycles. The first-order valence-corrected chi connectivity index (χ1v) is 3.83. The molecule has 0 bridgehead atoms.